The Bertz CT molecular complexity index is 1650. The standard InChI is InChI=1S/C32H32N4O5S/c37-32-29(22-25-14-11-17-27(20-25)41-18-9-1-2-10-19-42(39,40)35-38)34-31-28(21-24-12-5-3-6-13-24)33-30(23-36(31)32)26-15-7-4-8-16-26/h3-8,11-17,20,23,29H,1-2,9-10,18-19,21-22H2/p+1. The lowest BCUT2D eigenvalue weighted by atomic mass is 10.1. The number of carbonyl (C=O) groups is 1. The van der Waals surface area contributed by atoms with E-state index in [2.05, 4.69) is 22.0 Å². The summed E-state index contributed by atoms with van der Waals surface area (Å²) in [7, 11) is -3.82. The lowest BCUT2D eigenvalue weighted by molar-refractivity contribution is -0.552. The van der Waals surface area contributed by atoms with Gasteiger partial charge in [0.1, 0.15) is 23.3 Å². The van der Waals surface area contributed by atoms with E-state index in [1.165, 1.54) is 0 Å². The summed E-state index contributed by atoms with van der Waals surface area (Å²) in [5, 5.41) is 3.45. The number of unbranched alkanes of at least 4 members (excludes halogenated alkanes) is 3. The molecule has 3 aromatic carbocycles. The van der Waals surface area contributed by atoms with Crippen LogP contribution in [0.3, 0.4) is 0 Å². The van der Waals surface area contributed by atoms with Crippen molar-refractivity contribution in [1.82, 2.24) is 4.98 Å². The smallest absolute Gasteiger partial charge is 0.359 e. The summed E-state index contributed by atoms with van der Waals surface area (Å²) in [6.07, 6.45) is 5.53. The predicted octanol–water partition coefficient (Wildman–Crippen LogP) is 5.34. The predicted molar refractivity (Wildman–Crippen MR) is 161 cm³/mol. The molecule has 1 unspecified atom stereocenters. The van der Waals surface area contributed by atoms with Crippen LogP contribution in [0.2, 0.25) is 0 Å². The number of nitroso groups, excluding NO2 is 1. The molecule has 0 aliphatic carbocycles. The molecule has 1 N–H and O–H groups in total. The minimum Gasteiger partial charge on any atom is -0.494 e. The first kappa shape index (κ1) is 29.1. The Morgan fingerprint density at radius 1 is 0.881 bits per heavy atom. The number of hydrogen-bond donors (Lipinski definition) is 1. The minimum absolute atomic E-state index is 0.0305. The molecule has 0 radical (unpaired) electrons. The SMILES string of the molecule is O=NS(=O)(=O)CCCCCCOc1cccc(CC2Nc3c(Cc4ccccc4)nc(-c4ccccc4)c[n+]3C2=O)c1. The van der Waals surface area contributed by atoms with E-state index in [1.807, 2.05) is 79.0 Å². The first-order chi connectivity index (χ1) is 20.4. The van der Waals surface area contributed by atoms with Crippen LogP contribution in [0.5, 0.6) is 5.75 Å². The Hall–Kier alpha value is -4.44. The molecule has 0 bridgehead atoms. The molecule has 1 aliphatic heterocycles. The highest BCUT2D eigenvalue weighted by atomic mass is 32.2. The molecule has 2 heterocycles. The number of nitrogens with one attached hydrogen (secondary N) is 1. The van der Waals surface area contributed by atoms with Gasteiger partial charge < -0.3 is 4.74 Å². The molecule has 0 saturated heterocycles. The second kappa shape index (κ2) is 13.5. The molecule has 0 fully saturated rings. The Balaban J connectivity index is 1.24. The average molecular weight is 586 g/mol. The van der Waals surface area contributed by atoms with Crippen molar-refractivity contribution in [3.63, 3.8) is 0 Å². The fourth-order valence-corrected chi connectivity index (χ4v) is 5.68. The monoisotopic (exact) mass is 585 g/mol. The van der Waals surface area contributed by atoms with E-state index in [0.29, 0.717) is 38.0 Å². The molecule has 10 heteroatoms. The van der Waals surface area contributed by atoms with Gasteiger partial charge >= 0.3 is 11.7 Å². The van der Waals surface area contributed by atoms with Crippen LogP contribution in [-0.2, 0) is 22.9 Å². The number of hydrogen-bond acceptors (Lipinski definition) is 7. The number of anilines is 1. The number of aromatic nitrogens is 2. The number of fused-ring (bicyclic) bond motifs is 1. The zero-order valence-corrected chi connectivity index (χ0v) is 24.0. The number of carbonyl (C=O) groups excluding carboxylic acids is 1. The quantitative estimate of drug-likeness (QED) is 0.121. The van der Waals surface area contributed by atoms with Crippen LogP contribution in [0.25, 0.3) is 11.3 Å². The van der Waals surface area contributed by atoms with Crippen molar-refractivity contribution in [2.24, 2.45) is 4.58 Å². The molecular weight excluding hydrogens is 552 g/mol. The molecule has 0 spiro atoms. The summed E-state index contributed by atoms with van der Waals surface area (Å²) in [5.41, 5.74) is 4.60. The normalized spacial score (nSPS) is 14.3. The van der Waals surface area contributed by atoms with Crippen LogP contribution in [0.4, 0.5) is 5.82 Å². The number of benzene rings is 3. The van der Waals surface area contributed by atoms with E-state index in [-0.39, 0.29) is 11.7 Å². The number of rotatable bonds is 14. The van der Waals surface area contributed by atoms with Gasteiger partial charge in [0.15, 0.2) is 6.04 Å². The molecule has 1 atom stereocenters. The molecule has 1 aliphatic rings. The molecule has 4 aromatic rings. The molecule has 42 heavy (non-hydrogen) atoms. The molecule has 216 valence electrons. The van der Waals surface area contributed by atoms with Crippen LogP contribution in [0.1, 0.15) is 47.3 Å². The van der Waals surface area contributed by atoms with Crippen LogP contribution >= 0.6 is 0 Å². The third-order valence-corrected chi connectivity index (χ3v) is 8.20. The third-order valence-electron chi connectivity index (χ3n) is 7.17. The highest BCUT2D eigenvalue weighted by Crippen LogP contribution is 2.25. The lowest BCUT2D eigenvalue weighted by Gasteiger charge is -2.09. The van der Waals surface area contributed by atoms with Crippen LogP contribution in [0, 0.1) is 4.91 Å². The highest BCUT2D eigenvalue weighted by Gasteiger charge is 2.41. The van der Waals surface area contributed by atoms with Gasteiger partial charge in [-0.25, -0.2) is 18.2 Å². The number of nitrogens with zero attached hydrogens (tertiary/aromatic N) is 3. The van der Waals surface area contributed by atoms with Gasteiger partial charge in [0, 0.05) is 18.4 Å². The fraction of sp³-hybridized carbons (Fsp3) is 0.281. The number of ether oxygens (including phenoxy) is 1. The topological polar surface area (TPSA) is 119 Å². The summed E-state index contributed by atoms with van der Waals surface area (Å²) in [4.78, 5) is 28.8. The maximum absolute atomic E-state index is 13.6. The molecule has 1 aromatic heterocycles. The van der Waals surface area contributed by atoms with Crippen molar-refractivity contribution >= 4 is 21.7 Å². The van der Waals surface area contributed by atoms with E-state index in [4.69, 9.17) is 9.72 Å². The van der Waals surface area contributed by atoms with Crippen molar-refractivity contribution in [2.75, 3.05) is 17.7 Å². The second-order valence-electron chi connectivity index (χ2n) is 10.3. The summed E-state index contributed by atoms with van der Waals surface area (Å²) < 4.78 is 32.1. The van der Waals surface area contributed by atoms with Crippen molar-refractivity contribution < 1.29 is 22.5 Å². The highest BCUT2D eigenvalue weighted by molar-refractivity contribution is 7.89. The molecule has 5 rings (SSSR count). The third kappa shape index (κ3) is 7.44. The van der Waals surface area contributed by atoms with E-state index in [9.17, 15) is 18.1 Å². The zero-order chi connectivity index (χ0) is 29.4. The van der Waals surface area contributed by atoms with Crippen molar-refractivity contribution in [3.05, 3.63) is 113 Å². The van der Waals surface area contributed by atoms with Gasteiger partial charge in [-0.2, -0.15) is 4.57 Å². The lowest BCUT2D eigenvalue weighted by Crippen LogP contribution is -2.44. The molecule has 0 saturated carbocycles. The van der Waals surface area contributed by atoms with Crippen LogP contribution in [0.15, 0.2) is 95.7 Å². The van der Waals surface area contributed by atoms with E-state index >= 15 is 0 Å². The van der Waals surface area contributed by atoms with Gasteiger partial charge in [-0.15, -0.1) is 4.91 Å². The van der Waals surface area contributed by atoms with Crippen molar-refractivity contribution in [3.8, 4) is 17.0 Å². The maximum atomic E-state index is 13.6. The van der Waals surface area contributed by atoms with E-state index in [1.54, 1.807) is 4.57 Å². The van der Waals surface area contributed by atoms with Gasteiger partial charge in [-0.3, -0.25) is 5.32 Å². The average Bonchev–Trinajstić information content (AvgIpc) is 3.32. The summed E-state index contributed by atoms with van der Waals surface area (Å²) >= 11 is 0. The maximum Gasteiger partial charge on any atom is 0.359 e. The van der Waals surface area contributed by atoms with E-state index in [0.717, 1.165) is 46.7 Å². The Kier molecular flexibility index (Phi) is 9.33. The van der Waals surface area contributed by atoms with Gasteiger partial charge in [-0.1, -0.05) is 85.6 Å². The first-order valence-corrected chi connectivity index (χ1v) is 15.7. The van der Waals surface area contributed by atoms with E-state index < -0.39 is 16.1 Å². The Labute approximate surface area is 245 Å². The van der Waals surface area contributed by atoms with Crippen LogP contribution < -0.4 is 14.6 Å². The Morgan fingerprint density at radius 2 is 1.60 bits per heavy atom. The van der Waals surface area contributed by atoms with Gasteiger partial charge in [-0.05, 0) is 36.1 Å². The molecule has 9 nitrogen and oxygen atoms in total. The van der Waals surface area contributed by atoms with Gasteiger partial charge in [0.2, 0.25) is 0 Å². The van der Waals surface area contributed by atoms with Gasteiger partial charge in [0.05, 0.1) is 16.9 Å². The number of sulfonamides is 1. The minimum atomic E-state index is -3.82. The zero-order valence-electron chi connectivity index (χ0n) is 23.2. The van der Waals surface area contributed by atoms with Crippen LogP contribution in [-0.4, -0.2) is 37.7 Å². The van der Waals surface area contributed by atoms with Gasteiger partial charge in [0.25, 0.3) is 10.0 Å². The second-order valence-corrected chi connectivity index (χ2v) is 12.1. The summed E-state index contributed by atoms with van der Waals surface area (Å²) in [6.45, 7) is 0.487. The van der Waals surface area contributed by atoms with Crippen molar-refractivity contribution in [1.29, 1.82) is 0 Å². The fourth-order valence-electron chi connectivity index (χ4n) is 5.04. The Morgan fingerprint density at radius 3 is 2.36 bits per heavy atom. The largest absolute Gasteiger partial charge is 0.494 e. The molecular formula is C32H33N4O5S+. The first-order valence-electron chi connectivity index (χ1n) is 14.1. The van der Waals surface area contributed by atoms with Crippen molar-refractivity contribution in [2.45, 2.75) is 44.6 Å². The molecule has 0 amide bonds. The summed E-state index contributed by atoms with van der Waals surface area (Å²) in [6, 6.07) is 27.3. The summed E-state index contributed by atoms with van der Waals surface area (Å²) in [5.74, 6) is 1.19.